The molecule has 2 fully saturated rings. The monoisotopic (exact) mass is 356 g/mol. The van der Waals surface area contributed by atoms with Gasteiger partial charge in [0.1, 0.15) is 5.54 Å². The summed E-state index contributed by atoms with van der Waals surface area (Å²) in [5, 5.41) is 10.9. The Labute approximate surface area is 150 Å². The fourth-order valence-electron chi connectivity index (χ4n) is 3.90. The summed E-state index contributed by atoms with van der Waals surface area (Å²) in [6.07, 6.45) is 10.1. The molecule has 2 N–H and O–H groups in total. The minimum Gasteiger partial charge on any atom is -0.381 e. The number of methoxy groups -OCH3 is 1. The highest BCUT2D eigenvalue weighted by atomic mass is 35.5. The molecular weight excluding hydrogens is 328 g/mol. The van der Waals surface area contributed by atoms with Crippen molar-refractivity contribution < 1.29 is 9.53 Å². The van der Waals surface area contributed by atoms with Crippen molar-refractivity contribution in [2.75, 3.05) is 26.7 Å². The van der Waals surface area contributed by atoms with Crippen LogP contribution in [0.1, 0.15) is 38.5 Å². The first-order valence-corrected chi connectivity index (χ1v) is 8.76. The third-order valence-corrected chi connectivity index (χ3v) is 5.47. The topological polar surface area (TPSA) is 68.2 Å². The fraction of sp³-hybridized carbons (Fsp3) is 0.765. The molecule has 6 nitrogen and oxygen atoms in total. The zero-order chi connectivity index (χ0) is 16.1. The van der Waals surface area contributed by atoms with Gasteiger partial charge < -0.3 is 15.4 Å². The van der Waals surface area contributed by atoms with Gasteiger partial charge in [0.15, 0.2) is 0 Å². The number of carbonyl (C=O) groups excluding carboxylic acids is 1. The lowest BCUT2D eigenvalue weighted by molar-refractivity contribution is -0.132. The van der Waals surface area contributed by atoms with Crippen LogP contribution in [0.2, 0.25) is 0 Å². The number of ether oxygens (including phenoxy) is 1. The summed E-state index contributed by atoms with van der Waals surface area (Å²) in [5.74, 6) is 0.693. The first-order chi connectivity index (χ1) is 11.2. The van der Waals surface area contributed by atoms with Gasteiger partial charge in [-0.25, -0.2) is 0 Å². The maximum Gasteiger partial charge on any atom is 0.248 e. The summed E-state index contributed by atoms with van der Waals surface area (Å²) in [4.78, 5) is 13.0. The zero-order valence-electron chi connectivity index (χ0n) is 14.4. The Kier molecular flexibility index (Phi) is 7.07. The lowest BCUT2D eigenvalue weighted by atomic mass is 9.85. The Morgan fingerprint density at radius 3 is 2.62 bits per heavy atom. The van der Waals surface area contributed by atoms with Crippen molar-refractivity contribution in [3.05, 3.63) is 18.5 Å². The lowest BCUT2D eigenvalue weighted by Crippen LogP contribution is -2.55. The Morgan fingerprint density at radius 2 is 2.04 bits per heavy atom. The third kappa shape index (κ3) is 4.10. The molecule has 1 aliphatic carbocycles. The Morgan fingerprint density at radius 1 is 1.33 bits per heavy atom. The Bertz CT molecular complexity index is 495. The number of carbonyl (C=O) groups is 1. The lowest BCUT2D eigenvalue weighted by Gasteiger charge is -2.37. The standard InChI is InChI=1S/C17H28N4O2.ClH/c1-23-15-5-3-14(4-6-15)13-19-16(22)17(7-10-18-11-8-17)21-12-2-9-20-21;/h2,9,12,14-15,18H,3-8,10-11,13H2,1H3,(H,19,22);1H. The number of rotatable bonds is 5. The van der Waals surface area contributed by atoms with Crippen molar-refractivity contribution in [2.24, 2.45) is 5.92 Å². The number of hydrogen-bond donors (Lipinski definition) is 2. The average Bonchev–Trinajstić information content (AvgIpc) is 3.16. The van der Waals surface area contributed by atoms with Crippen molar-refractivity contribution in [1.82, 2.24) is 20.4 Å². The Hall–Kier alpha value is -1.11. The van der Waals surface area contributed by atoms with Crippen LogP contribution in [0.4, 0.5) is 0 Å². The van der Waals surface area contributed by atoms with Gasteiger partial charge in [-0.1, -0.05) is 0 Å². The second-order valence-corrected chi connectivity index (χ2v) is 6.82. The van der Waals surface area contributed by atoms with E-state index >= 15 is 0 Å². The van der Waals surface area contributed by atoms with Crippen LogP contribution < -0.4 is 10.6 Å². The number of nitrogens with zero attached hydrogens (tertiary/aromatic N) is 2. The van der Waals surface area contributed by atoms with Crippen LogP contribution in [-0.2, 0) is 15.1 Å². The molecule has 136 valence electrons. The van der Waals surface area contributed by atoms with Gasteiger partial charge in [-0.15, -0.1) is 12.4 Å². The van der Waals surface area contributed by atoms with Crippen molar-refractivity contribution in [2.45, 2.75) is 50.2 Å². The van der Waals surface area contributed by atoms with Crippen molar-refractivity contribution in [3.63, 3.8) is 0 Å². The molecule has 0 radical (unpaired) electrons. The number of hydrogen-bond acceptors (Lipinski definition) is 4. The van der Waals surface area contributed by atoms with Gasteiger partial charge in [0.25, 0.3) is 0 Å². The van der Waals surface area contributed by atoms with E-state index in [-0.39, 0.29) is 18.3 Å². The molecule has 7 heteroatoms. The second kappa shape index (κ2) is 8.83. The van der Waals surface area contributed by atoms with Gasteiger partial charge in [-0.3, -0.25) is 9.48 Å². The van der Waals surface area contributed by atoms with Crippen LogP contribution in [-0.4, -0.2) is 48.5 Å². The first-order valence-electron chi connectivity index (χ1n) is 8.76. The highest BCUT2D eigenvalue weighted by Crippen LogP contribution is 2.28. The van der Waals surface area contributed by atoms with Crippen LogP contribution in [0.5, 0.6) is 0 Å². The van der Waals surface area contributed by atoms with Gasteiger partial charge in [-0.2, -0.15) is 5.10 Å². The largest absolute Gasteiger partial charge is 0.381 e. The molecule has 2 heterocycles. The van der Waals surface area contributed by atoms with Crippen LogP contribution in [0.15, 0.2) is 18.5 Å². The molecule has 0 atom stereocenters. The van der Waals surface area contributed by atoms with E-state index < -0.39 is 5.54 Å². The summed E-state index contributed by atoms with van der Waals surface area (Å²) in [6.45, 7) is 2.48. The van der Waals surface area contributed by atoms with Crippen LogP contribution in [0, 0.1) is 5.92 Å². The molecule has 0 spiro atoms. The van der Waals surface area contributed by atoms with E-state index in [2.05, 4.69) is 15.7 Å². The number of nitrogens with one attached hydrogen (secondary N) is 2. The molecule has 1 amide bonds. The summed E-state index contributed by atoms with van der Waals surface area (Å²) in [7, 11) is 1.79. The number of piperidine rings is 1. The van der Waals surface area contributed by atoms with Crippen molar-refractivity contribution >= 4 is 18.3 Å². The quantitative estimate of drug-likeness (QED) is 0.842. The molecule has 24 heavy (non-hydrogen) atoms. The number of aromatic nitrogens is 2. The third-order valence-electron chi connectivity index (χ3n) is 5.47. The van der Waals surface area contributed by atoms with E-state index in [0.29, 0.717) is 12.0 Å². The van der Waals surface area contributed by atoms with Crippen molar-refractivity contribution in [1.29, 1.82) is 0 Å². The minimum absolute atomic E-state index is 0. The zero-order valence-corrected chi connectivity index (χ0v) is 15.2. The highest BCUT2D eigenvalue weighted by molar-refractivity contribution is 5.85. The maximum absolute atomic E-state index is 13.0. The summed E-state index contributed by atoms with van der Waals surface area (Å²) >= 11 is 0. The molecule has 1 saturated heterocycles. The van der Waals surface area contributed by atoms with E-state index in [1.807, 2.05) is 16.9 Å². The van der Waals surface area contributed by atoms with E-state index in [0.717, 1.165) is 58.2 Å². The molecular formula is C17H29ClN4O2. The van der Waals surface area contributed by atoms with Gasteiger partial charge in [-0.05, 0) is 63.6 Å². The van der Waals surface area contributed by atoms with Crippen LogP contribution in [0.25, 0.3) is 0 Å². The summed E-state index contributed by atoms with van der Waals surface area (Å²) in [6, 6.07) is 1.89. The summed E-state index contributed by atoms with van der Waals surface area (Å²) < 4.78 is 7.27. The molecule has 1 aromatic rings. The van der Waals surface area contributed by atoms with E-state index in [9.17, 15) is 4.79 Å². The molecule has 1 aromatic heterocycles. The smallest absolute Gasteiger partial charge is 0.248 e. The fourth-order valence-corrected chi connectivity index (χ4v) is 3.90. The second-order valence-electron chi connectivity index (χ2n) is 6.82. The van der Waals surface area contributed by atoms with Gasteiger partial charge in [0.2, 0.25) is 5.91 Å². The van der Waals surface area contributed by atoms with Crippen LogP contribution in [0.3, 0.4) is 0 Å². The summed E-state index contributed by atoms with van der Waals surface area (Å²) in [5.41, 5.74) is -0.529. The predicted octanol–water partition coefficient (Wildman–Crippen LogP) is 1.70. The van der Waals surface area contributed by atoms with E-state index in [4.69, 9.17) is 4.74 Å². The molecule has 3 rings (SSSR count). The molecule has 0 aromatic carbocycles. The molecule has 1 saturated carbocycles. The predicted molar refractivity (Wildman–Crippen MR) is 95.3 cm³/mol. The van der Waals surface area contributed by atoms with Crippen molar-refractivity contribution in [3.8, 4) is 0 Å². The average molecular weight is 357 g/mol. The highest BCUT2D eigenvalue weighted by Gasteiger charge is 2.42. The molecule has 1 aliphatic heterocycles. The first kappa shape index (κ1) is 19.2. The Balaban J connectivity index is 0.00000208. The van der Waals surface area contributed by atoms with Gasteiger partial charge >= 0.3 is 0 Å². The van der Waals surface area contributed by atoms with Gasteiger partial charge in [0, 0.05) is 26.0 Å². The molecule has 0 bridgehead atoms. The van der Waals surface area contributed by atoms with E-state index in [1.54, 1.807) is 13.3 Å². The maximum atomic E-state index is 13.0. The molecule has 0 unspecified atom stereocenters. The number of halogens is 1. The van der Waals surface area contributed by atoms with Crippen LogP contribution >= 0.6 is 12.4 Å². The van der Waals surface area contributed by atoms with E-state index in [1.165, 1.54) is 0 Å². The normalized spacial score (nSPS) is 26.4. The SMILES string of the molecule is COC1CCC(CNC(=O)C2(n3cccn3)CCNCC2)CC1.Cl. The molecule has 2 aliphatic rings. The number of amides is 1. The van der Waals surface area contributed by atoms with Gasteiger partial charge in [0.05, 0.1) is 6.10 Å². The minimum atomic E-state index is -0.529.